The molecule has 5 nitrogen and oxygen atoms in total. The van der Waals surface area contributed by atoms with Crippen molar-refractivity contribution < 1.29 is 9.21 Å². The average molecular weight is 327 g/mol. The highest BCUT2D eigenvalue weighted by atomic mass is 16.3. The quantitative estimate of drug-likeness (QED) is 0.795. The summed E-state index contributed by atoms with van der Waals surface area (Å²) in [6, 6.07) is 9.71. The van der Waals surface area contributed by atoms with Crippen LogP contribution in [0, 0.1) is 0 Å². The Kier molecular flexibility index (Phi) is 6.01. The van der Waals surface area contributed by atoms with Crippen molar-refractivity contribution in [3.63, 3.8) is 0 Å². The molecule has 0 bridgehead atoms. The van der Waals surface area contributed by atoms with Crippen LogP contribution in [0.15, 0.2) is 41.0 Å². The van der Waals surface area contributed by atoms with Gasteiger partial charge in [0.25, 0.3) is 0 Å². The molecular weight excluding hydrogens is 302 g/mol. The third-order valence-corrected chi connectivity index (χ3v) is 4.34. The maximum atomic E-state index is 12.0. The zero-order valence-corrected chi connectivity index (χ0v) is 14.0. The molecule has 1 fully saturated rings. The average Bonchev–Trinajstić information content (AvgIpc) is 3.09. The first-order valence-corrected chi connectivity index (χ1v) is 8.80. The molecule has 0 saturated carbocycles. The van der Waals surface area contributed by atoms with E-state index in [0.29, 0.717) is 11.6 Å². The van der Waals surface area contributed by atoms with Gasteiger partial charge in [-0.15, -0.1) is 0 Å². The summed E-state index contributed by atoms with van der Waals surface area (Å²) in [5, 5.41) is 2.97. The zero-order valence-electron chi connectivity index (χ0n) is 14.0. The predicted molar refractivity (Wildman–Crippen MR) is 93.6 cm³/mol. The number of hydrogen-bond donors (Lipinski definition) is 1. The molecule has 5 heteroatoms. The van der Waals surface area contributed by atoms with Crippen molar-refractivity contribution in [2.45, 2.75) is 32.1 Å². The van der Waals surface area contributed by atoms with Gasteiger partial charge in [-0.05, 0) is 51.0 Å². The molecular formula is C19H25N3O2. The SMILES string of the molecule is O=C(Cc1coc(-c2ccccc2)n1)NCCCN1CCCCC1. The van der Waals surface area contributed by atoms with Gasteiger partial charge in [0.1, 0.15) is 6.26 Å². The van der Waals surface area contributed by atoms with E-state index >= 15 is 0 Å². The fourth-order valence-corrected chi connectivity index (χ4v) is 3.04. The molecule has 1 aromatic carbocycles. The van der Waals surface area contributed by atoms with Crippen molar-refractivity contribution in [1.82, 2.24) is 15.2 Å². The number of rotatable bonds is 7. The predicted octanol–water partition coefficient (Wildman–Crippen LogP) is 2.88. The van der Waals surface area contributed by atoms with Gasteiger partial charge in [0, 0.05) is 12.1 Å². The maximum Gasteiger partial charge on any atom is 0.226 e. The summed E-state index contributed by atoms with van der Waals surface area (Å²) < 4.78 is 5.46. The largest absolute Gasteiger partial charge is 0.444 e. The third-order valence-electron chi connectivity index (χ3n) is 4.34. The summed E-state index contributed by atoms with van der Waals surface area (Å²) >= 11 is 0. The fraction of sp³-hybridized carbons (Fsp3) is 0.474. The Morgan fingerprint density at radius 3 is 2.75 bits per heavy atom. The van der Waals surface area contributed by atoms with Gasteiger partial charge >= 0.3 is 0 Å². The highest BCUT2D eigenvalue weighted by Gasteiger charge is 2.11. The van der Waals surface area contributed by atoms with Crippen molar-refractivity contribution in [3.05, 3.63) is 42.3 Å². The van der Waals surface area contributed by atoms with Gasteiger partial charge in [0.15, 0.2) is 0 Å². The number of oxazole rings is 1. The van der Waals surface area contributed by atoms with Gasteiger partial charge in [-0.2, -0.15) is 0 Å². The van der Waals surface area contributed by atoms with Crippen molar-refractivity contribution in [3.8, 4) is 11.5 Å². The number of piperidine rings is 1. The molecule has 1 aliphatic rings. The number of amides is 1. The Balaban J connectivity index is 1.38. The first-order chi connectivity index (χ1) is 11.8. The van der Waals surface area contributed by atoms with Crippen LogP contribution >= 0.6 is 0 Å². The molecule has 0 atom stereocenters. The Bertz CT molecular complexity index is 633. The van der Waals surface area contributed by atoms with Gasteiger partial charge in [-0.3, -0.25) is 4.79 Å². The lowest BCUT2D eigenvalue weighted by molar-refractivity contribution is -0.120. The van der Waals surface area contributed by atoms with E-state index in [2.05, 4.69) is 15.2 Å². The van der Waals surface area contributed by atoms with Crippen LogP contribution in [0.4, 0.5) is 0 Å². The normalized spacial score (nSPS) is 15.3. The molecule has 24 heavy (non-hydrogen) atoms. The van der Waals surface area contributed by atoms with Crippen LogP contribution in [0.1, 0.15) is 31.4 Å². The molecule has 1 saturated heterocycles. The van der Waals surface area contributed by atoms with Gasteiger partial charge in [0.05, 0.1) is 12.1 Å². The number of benzene rings is 1. The van der Waals surface area contributed by atoms with Crippen molar-refractivity contribution >= 4 is 5.91 Å². The molecule has 2 aromatic rings. The molecule has 0 radical (unpaired) electrons. The second kappa shape index (κ2) is 8.64. The first-order valence-electron chi connectivity index (χ1n) is 8.80. The number of carbonyl (C=O) groups is 1. The Morgan fingerprint density at radius 2 is 1.96 bits per heavy atom. The van der Waals surface area contributed by atoms with E-state index in [9.17, 15) is 4.79 Å². The minimum atomic E-state index is 0.00144. The number of carbonyl (C=O) groups excluding carboxylic acids is 1. The van der Waals surface area contributed by atoms with E-state index in [1.165, 1.54) is 32.4 Å². The standard InChI is InChI=1S/C19H25N3O2/c23-18(20-10-7-13-22-11-5-2-6-12-22)14-17-15-24-19(21-17)16-8-3-1-4-9-16/h1,3-4,8-9,15H,2,5-7,10-14H2,(H,20,23). The minimum Gasteiger partial charge on any atom is -0.444 e. The third kappa shape index (κ3) is 4.93. The summed E-state index contributed by atoms with van der Waals surface area (Å²) in [5.41, 5.74) is 1.59. The van der Waals surface area contributed by atoms with Crippen molar-refractivity contribution in [1.29, 1.82) is 0 Å². The summed E-state index contributed by atoms with van der Waals surface area (Å²) in [4.78, 5) is 18.9. The van der Waals surface area contributed by atoms with Crippen LogP contribution in [-0.4, -0.2) is 42.0 Å². The van der Waals surface area contributed by atoms with Gasteiger partial charge in [-0.25, -0.2) is 4.98 Å². The summed E-state index contributed by atoms with van der Waals surface area (Å²) in [5.74, 6) is 0.560. The second-order valence-electron chi connectivity index (χ2n) is 6.29. The van der Waals surface area contributed by atoms with Gasteiger partial charge in [-0.1, -0.05) is 24.6 Å². The highest BCUT2D eigenvalue weighted by Crippen LogP contribution is 2.18. The summed E-state index contributed by atoms with van der Waals surface area (Å²) in [7, 11) is 0. The lowest BCUT2D eigenvalue weighted by Crippen LogP contribution is -2.33. The molecule has 0 spiro atoms. The molecule has 1 aliphatic heterocycles. The van der Waals surface area contributed by atoms with Crippen molar-refractivity contribution in [2.75, 3.05) is 26.2 Å². The van der Waals surface area contributed by atoms with Crippen LogP contribution in [0.25, 0.3) is 11.5 Å². The van der Waals surface area contributed by atoms with E-state index in [4.69, 9.17) is 4.42 Å². The molecule has 0 aliphatic carbocycles. The Hall–Kier alpha value is -2.14. The lowest BCUT2D eigenvalue weighted by Gasteiger charge is -2.26. The Labute approximate surface area is 143 Å². The fourth-order valence-electron chi connectivity index (χ4n) is 3.04. The second-order valence-corrected chi connectivity index (χ2v) is 6.29. The summed E-state index contributed by atoms with van der Waals surface area (Å²) in [6.45, 7) is 4.20. The van der Waals surface area contributed by atoms with Crippen LogP contribution in [-0.2, 0) is 11.2 Å². The molecule has 1 N–H and O–H groups in total. The maximum absolute atomic E-state index is 12.0. The molecule has 3 rings (SSSR count). The minimum absolute atomic E-state index is 0.00144. The number of hydrogen-bond acceptors (Lipinski definition) is 4. The number of nitrogens with zero attached hydrogens (tertiary/aromatic N) is 2. The van der Waals surface area contributed by atoms with Gasteiger partial charge < -0.3 is 14.6 Å². The van der Waals surface area contributed by atoms with E-state index in [-0.39, 0.29) is 12.3 Å². The molecule has 1 amide bonds. The highest BCUT2D eigenvalue weighted by molar-refractivity contribution is 5.78. The van der Waals surface area contributed by atoms with E-state index in [1.54, 1.807) is 6.26 Å². The zero-order chi connectivity index (χ0) is 16.6. The number of aromatic nitrogens is 1. The molecule has 1 aromatic heterocycles. The molecule has 128 valence electrons. The van der Waals surface area contributed by atoms with Crippen LogP contribution < -0.4 is 5.32 Å². The van der Waals surface area contributed by atoms with Crippen LogP contribution in [0.5, 0.6) is 0 Å². The number of nitrogens with one attached hydrogen (secondary N) is 1. The van der Waals surface area contributed by atoms with Gasteiger partial charge in [0.2, 0.25) is 11.8 Å². The summed E-state index contributed by atoms with van der Waals surface area (Å²) in [6.07, 6.45) is 6.80. The van der Waals surface area contributed by atoms with E-state index < -0.39 is 0 Å². The Morgan fingerprint density at radius 1 is 1.17 bits per heavy atom. The first kappa shape index (κ1) is 16.7. The topological polar surface area (TPSA) is 58.4 Å². The van der Waals surface area contributed by atoms with Crippen LogP contribution in [0.3, 0.4) is 0 Å². The smallest absolute Gasteiger partial charge is 0.226 e. The number of likely N-dealkylation sites (tertiary alicyclic amines) is 1. The monoisotopic (exact) mass is 327 g/mol. The van der Waals surface area contributed by atoms with Crippen LogP contribution in [0.2, 0.25) is 0 Å². The van der Waals surface area contributed by atoms with E-state index in [1.807, 2.05) is 30.3 Å². The molecule has 2 heterocycles. The lowest BCUT2D eigenvalue weighted by atomic mass is 10.1. The van der Waals surface area contributed by atoms with E-state index in [0.717, 1.165) is 25.1 Å². The van der Waals surface area contributed by atoms with Crippen molar-refractivity contribution in [2.24, 2.45) is 0 Å². The molecule has 0 unspecified atom stereocenters.